The lowest BCUT2D eigenvalue weighted by Crippen LogP contribution is -2.20. The summed E-state index contributed by atoms with van der Waals surface area (Å²) >= 11 is 0. The summed E-state index contributed by atoms with van der Waals surface area (Å²) in [6, 6.07) is 17.9. The van der Waals surface area contributed by atoms with Crippen LogP contribution in [0, 0.1) is 6.92 Å². The minimum absolute atomic E-state index is 0.0707. The minimum atomic E-state index is 0.0707. The summed E-state index contributed by atoms with van der Waals surface area (Å²) in [6.07, 6.45) is 1.87. The van der Waals surface area contributed by atoms with Crippen molar-refractivity contribution >= 4 is 10.8 Å². The van der Waals surface area contributed by atoms with E-state index in [9.17, 15) is 4.79 Å². The van der Waals surface area contributed by atoms with Gasteiger partial charge in [0.05, 0.1) is 6.54 Å². The van der Waals surface area contributed by atoms with Gasteiger partial charge in [0, 0.05) is 11.6 Å². The molecule has 1 aromatic heterocycles. The van der Waals surface area contributed by atoms with Crippen LogP contribution in [0.4, 0.5) is 0 Å². The fourth-order valence-electron chi connectivity index (χ4n) is 2.33. The van der Waals surface area contributed by atoms with E-state index in [0.29, 0.717) is 6.54 Å². The molecule has 0 aliphatic heterocycles. The van der Waals surface area contributed by atoms with E-state index in [-0.39, 0.29) is 5.56 Å². The first-order valence-corrected chi connectivity index (χ1v) is 6.38. The number of hydrogen-bond donors (Lipinski definition) is 0. The Balaban J connectivity index is 2.10. The summed E-state index contributed by atoms with van der Waals surface area (Å²) in [5, 5.41) is 1.77. The van der Waals surface area contributed by atoms with Crippen LogP contribution >= 0.6 is 0 Å². The van der Waals surface area contributed by atoms with Crippen molar-refractivity contribution in [3.8, 4) is 0 Å². The molecule has 94 valence electrons. The average molecular weight is 249 g/mol. The molecule has 0 unspecified atom stereocenters. The van der Waals surface area contributed by atoms with Crippen LogP contribution in [-0.2, 0) is 6.54 Å². The van der Waals surface area contributed by atoms with Crippen molar-refractivity contribution in [1.82, 2.24) is 4.57 Å². The minimum Gasteiger partial charge on any atom is -0.311 e. The Hall–Kier alpha value is -2.35. The predicted molar refractivity (Wildman–Crippen MR) is 78.5 cm³/mol. The molecule has 0 saturated carbocycles. The van der Waals surface area contributed by atoms with Crippen LogP contribution in [0.15, 0.2) is 65.6 Å². The van der Waals surface area contributed by atoms with Crippen molar-refractivity contribution in [2.24, 2.45) is 0 Å². The third-order valence-corrected chi connectivity index (χ3v) is 3.49. The summed E-state index contributed by atoms with van der Waals surface area (Å²) in [5.41, 5.74) is 2.46. The highest BCUT2D eigenvalue weighted by Gasteiger charge is 2.04. The summed E-state index contributed by atoms with van der Waals surface area (Å²) in [6.45, 7) is 2.69. The van der Waals surface area contributed by atoms with Gasteiger partial charge in [0.15, 0.2) is 0 Å². The van der Waals surface area contributed by atoms with E-state index in [1.165, 1.54) is 11.1 Å². The second-order valence-corrected chi connectivity index (χ2v) is 4.76. The third kappa shape index (κ3) is 2.17. The van der Waals surface area contributed by atoms with E-state index < -0.39 is 0 Å². The van der Waals surface area contributed by atoms with E-state index in [1.807, 2.05) is 48.7 Å². The number of hydrogen-bond acceptors (Lipinski definition) is 1. The molecular weight excluding hydrogens is 234 g/mol. The number of pyridine rings is 1. The molecule has 0 amide bonds. The lowest BCUT2D eigenvalue weighted by atomic mass is 10.1. The Morgan fingerprint density at radius 3 is 2.53 bits per heavy atom. The largest absolute Gasteiger partial charge is 0.311 e. The van der Waals surface area contributed by atoms with Gasteiger partial charge in [0.25, 0.3) is 5.56 Å². The molecule has 2 aromatic carbocycles. The zero-order valence-electron chi connectivity index (χ0n) is 10.8. The molecule has 3 rings (SSSR count). The molecule has 0 N–H and O–H groups in total. The quantitative estimate of drug-likeness (QED) is 0.682. The third-order valence-electron chi connectivity index (χ3n) is 3.49. The van der Waals surface area contributed by atoms with Crippen LogP contribution in [0.2, 0.25) is 0 Å². The molecule has 0 fully saturated rings. The Kier molecular flexibility index (Phi) is 2.92. The van der Waals surface area contributed by atoms with Crippen LogP contribution in [0.1, 0.15) is 11.1 Å². The number of aromatic nitrogens is 1. The van der Waals surface area contributed by atoms with E-state index in [1.54, 1.807) is 4.57 Å². The molecule has 19 heavy (non-hydrogen) atoms. The fourth-order valence-corrected chi connectivity index (χ4v) is 2.33. The van der Waals surface area contributed by atoms with Gasteiger partial charge < -0.3 is 4.57 Å². The Morgan fingerprint density at radius 2 is 1.68 bits per heavy atom. The number of fused-ring (bicyclic) bond motifs is 1. The van der Waals surface area contributed by atoms with Crippen molar-refractivity contribution in [2.45, 2.75) is 13.5 Å². The predicted octanol–water partition coefficient (Wildman–Crippen LogP) is 3.36. The van der Waals surface area contributed by atoms with E-state index >= 15 is 0 Å². The maximum Gasteiger partial charge on any atom is 0.258 e. The van der Waals surface area contributed by atoms with E-state index in [2.05, 4.69) is 19.1 Å². The second kappa shape index (κ2) is 4.73. The van der Waals surface area contributed by atoms with Crippen LogP contribution in [-0.4, -0.2) is 4.57 Å². The van der Waals surface area contributed by atoms with Crippen molar-refractivity contribution in [3.63, 3.8) is 0 Å². The smallest absolute Gasteiger partial charge is 0.258 e. The fraction of sp³-hybridized carbons (Fsp3) is 0.118. The van der Waals surface area contributed by atoms with Crippen molar-refractivity contribution in [2.75, 3.05) is 0 Å². The molecule has 2 nitrogen and oxygen atoms in total. The maximum atomic E-state index is 12.4. The highest BCUT2D eigenvalue weighted by molar-refractivity contribution is 5.81. The molecule has 0 aliphatic rings. The van der Waals surface area contributed by atoms with Gasteiger partial charge in [-0.2, -0.15) is 0 Å². The van der Waals surface area contributed by atoms with Gasteiger partial charge in [-0.25, -0.2) is 0 Å². The van der Waals surface area contributed by atoms with E-state index in [4.69, 9.17) is 0 Å². The van der Waals surface area contributed by atoms with Crippen LogP contribution < -0.4 is 5.56 Å². The van der Waals surface area contributed by atoms with Gasteiger partial charge >= 0.3 is 0 Å². The average Bonchev–Trinajstić information content (AvgIpc) is 2.44. The monoisotopic (exact) mass is 249 g/mol. The first-order valence-electron chi connectivity index (χ1n) is 6.38. The van der Waals surface area contributed by atoms with Crippen molar-refractivity contribution in [3.05, 3.63) is 82.3 Å². The summed E-state index contributed by atoms with van der Waals surface area (Å²) in [4.78, 5) is 12.4. The van der Waals surface area contributed by atoms with Crippen molar-refractivity contribution < 1.29 is 0 Å². The SMILES string of the molecule is Cc1ccccc1Cn1ccc2ccccc2c1=O. The van der Waals surface area contributed by atoms with Gasteiger partial charge in [-0.1, -0.05) is 42.5 Å². The van der Waals surface area contributed by atoms with Gasteiger partial charge in [-0.3, -0.25) is 4.79 Å². The molecule has 3 aromatic rings. The number of aryl methyl sites for hydroxylation is 1. The van der Waals surface area contributed by atoms with Crippen molar-refractivity contribution in [1.29, 1.82) is 0 Å². The molecule has 0 spiro atoms. The van der Waals surface area contributed by atoms with Gasteiger partial charge in [0.1, 0.15) is 0 Å². The summed E-state index contributed by atoms with van der Waals surface area (Å²) in [7, 11) is 0. The first-order chi connectivity index (χ1) is 9.25. The molecule has 0 aliphatic carbocycles. The summed E-state index contributed by atoms with van der Waals surface area (Å²) in [5.74, 6) is 0. The standard InChI is InChI=1S/C17H15NO/c1-13-6-2-3-8-15(13)12-18-11-10-14-7-4-5-9-16(14)17(18)19/h2-11H,12H2,1H3. The number of nitrogens with zero attached hydrogens (tertiary/aromatic N) is 1. The lowest BCUT2D eigenvalue weighted by molar-refractivity contribution is 0.764. The topological polar surface area (TPSA) is 22.0 Å². The highest BCUT2D eigenvalue weighted by atomic mass is 16.1. The van der Waals surface area contributed by atoms with Gasteiger partial charge in [-0.05, 0) is 35.6 Å². The highest BCUT2D eigenvalue weighted by Crippen LogP contribution is 2.11. The molecule has 0 radical (unpaired) electrons. The maximum absolute atomic E-state index is 12.4. The Bertz CT molecular complexity index is 786. The molecule has 0 atom stereocenters. The lowest BCUT2D eigenvalue weighted by Gasteiger charge is -2.09. The second-order valence-electron chi connectivity index (χ2n) is 4.76. The number of rotatable bonds is 2. The van der Waals surface area contributed by atoms with E-state index in [0.717, 1.165) is 10.8 Å². The molecular formula is C17H15NO. The Morgan fingerprint density at radius 1 is 0.947 bits per heavy atom. The summed E-state index contributed by atoms with van der Waals surface area (Å²) < 4.78 is 1.77. The van der Waals surface area contributed by atoms with Crippen LogP contribution in [0.5, 0.6) is 0 Å². The van der Waals surface area contributed by atoms with Gasteiger partial charge in [0.2, 0.25) is 0 Å². The van der Waals surface area contributed by atoms with Crippen LogP contribution in [0.25, 0.3) is 10.8 Å². The Labute approximate surface area is 111 Å². The molecule has 2 heteroatoms. The zero-order chi connectivity index (χ0) is 13.2. The molecule has 1 heterocycles. The van der Waals surface area contributed by atoms with Gasteiger partial charge in [-0.15, -0.1) is 0 Å². The molecule has 0 bridgehead atoms. The van der Waals surface area contributed by atoms with Crippen LogP contribution in [0.3, 0.4) is 0 Å². The normalized spacial score (nSPS) is 10.8. The first kappa shape index (κ1) is 11.7. The number of benzene rings is 2. The molecule has 0 saturated heterocycles. The zero-order valence-corrected chi connectivity index (χ0v) is 10.8.